The van der Waals surface area contributed by atoms with Gasteiger partial charge in [-0.2, -0.15) is 4.31 Å². The standard InChI is InChI=1S/C19H26N2O5S/c1-14(2)11-19(23)26-13-18(22)20-7-9-21(10-8-20)27(24,25)17-6-5-15(3)12-16(17)4/h5-6,11-12H,7-10,13H2,1-4H3. The number of aryl methyl sites for hydroxylation is 2. The van der Waals surface area contributed by atoms with E-state index in [9.17, 15) is 18.0 Å². The number of carbonyl (C=O) groups is 2. The van der Waals surface area contributed by atoms with Gasteiger partial charge in [0.05, 0.1) is 4.90 Å². The highest BCUT2D eigenvalue weighted by atomic mass is 32.2. The molecule has 0 aromatic heterocycles. The van der Waals surface area contributed by atoms with Crippen molar-refractivity contribution in [3.05, 3.63) is 41.0 Å². The second kappa shape index (κ2) is 8.67. The van der Waals surface area contributed by atoms with Crippen molar-refractivity contribution in [2.24, 2.45) is 0 Å². The quantitative estimate of drug-likeness (QED) is 0.560. The molecule has 0 atom stereocenters. The molecular weight excluding hydrogens is 368 g/mol. The van der Waals surface area contributed by atoms with E-state index in [0.29, 0.717) is 10.5 Å². The minimum Gasteiger partial charge on any atom is -0.452 e. The van der Waals surface area contributed by atoms with Crippen molar-refractivity contribution in [3.63, 3.8) is 0 Å². The Morgan fingerprint density at radius 3 is 2.30 bits per heavy atom. The lowest BCUT2D eigenvalue weighted by atomic mass is 10.2. The predicted molar refractivity (Wildman–Crippen MR) is 102 cm³/mol. The molecule has 27 heavy (non-hydrogen) atoms. The predicted octanol–water partition coefficient (Wildman–Crippen LogP) is 1.65. The summed E-state index contributed by atoms with van der Waals surface area (Å²) >= 11 is 0. The summed E-state index contributed by atoms with van der Waals surface area (Å²) in [5, 5.41) is 0. The molecule has 7 nitrogen and oxygen atoms in total. The van der Waals surface area contributed by atoms with Crippen LogP contribution < -0.4 is 0 Å². The van der Waals surface area contributed by atoms with Crippen LogP contribution in [-0.4, -0.2) is 62.3 Å². The van der Waals surface area contributed by atoms with Crippen LogP contribution in [0.2, 0.25) is 0 Å². The smallest absolute Gasteiger partial charge is 0.331 e. The first-order chi connectivity index (χ1) is 12.6. The number of amides is 1. The number of esters is 1. The molecule has 0 radical (unpaired) electrons. The lowest BCUT2D eigenvalue weighted by molar-refractivity contribution is -0.148. The van der Waals surface area contributed by atoms with Gasteiger partial charge in [-0.15, -0.1) is 0 Å². The van der Waals surface area contributed by atoms with E-state index in [1.165, 1.54) is 15.3 Å². The molecule has 1 saturated heterocycles. The molecule has 0 aliphatic carbocycles. The SMILES string of the molecule is CC(C)=CC(=O)OCC(=O)N1CCN(S(=O)(=O)c2ccc(C)cc2C)CC1. The molecule has 1 aromatic rings. The second-order valence-corrected chi connectivity index (χ2v) is 8.79. The molecule has 0 N–H and O–H groups in total. The molecule has 1 heterocycles. The van der Waals surface area contributed by atoms with Gasteiger partial charge in [-0.3, -0.25) is 4.79 Å². The Bertz CT molecular complexity index is 849. The van der Waals surface area contributed by atoms with Gasteiger partial charge in [0, 0.05) is 32.3 Å². The number of benzene rings is 1. The summed E-state index contributed by atoms with van der Waals surface area (Å²) in [6.07, 6.45) is 1.32. The number of carbonyl (C=O) groups excluding carboxylic acids is 2. The summed E-state index contributed by atoms with van der Waals surface area (Å²) in [7, 11) is -3.60. The molecule has 1 aliphatic rings. The van der Waals surface area contributed by atoms with Gasteiger partial charge < -0.3 is 9.64 Å². The van der Waals surface area contributed by atoms with Gasteiger partial charge in [0.1, 0.15) is 0 Å². The van der Waals surface area contributed by atoms with E-state index in [2.05, 4.69) is 0 Å². The summed E-state index contributed by atoms with van der Waals surface area (Å²) in [5.74, 6) is -0.881. The van der Waals surface area contributed by atoms with Crippen molar-refractivity contribution in [1.82, 2.24) is 9.21 Å². The summed E-state index contributed by atoms with van der Waals surface area (Å²) in [5.41, 5.74) is 2.50. The fourth-order valence-electron chi connectivity index (χ4n) is 2.91. The molecule has 0 saturated carbocycles. The Kier molecular flexibility index (Phi) is 6.78. The van der Waals surface area contributed by atoms with Gasteiger partial charge in [0.25, 0.3) is 5.91 Å². The maximum atomic E-state index is 12.9. The second-order valence-electron chi connectivity index (χ2n) is 6.88. The molecule has 2 rings (SSSR count). The van der Waals surface area contributed by atoms with Crippen LogP contribution in [0.4, 0.5) is 0 Å². The summed E-state index contributed by atoms with van der Waals surface area (Å²) in [6.45, 7) is 7.83. The Morgan fingerprint density at radius 1 is 1.11 bits per heavy atom. The summed E-state index contributed by atoms with van der Waals surface area (Å²) in [4.78, 5) is 25.5. The number of sulfonamides is 1. The minimum absolute atomic E-state index is 0.212. The van der Waals surface area contributed by atoms with E-state index in [0.717, 1.165) is 11.1 Å². The number of hydrogen-bond donors (Lipinski definition) is 0. The fraction of sp³-hybridized carbons (Fsp3) is 0.474. The topological polar surface area (TPSA) is 84.0 Å². The van der Waals surface area contributed by atoms with Crippen LogP contribution >= 0.6 is 0 Å². The van der Waals surface area contributed by atoms with Crippen molar-refractivity contribution < 1.29 is 22.7 Å². The monoisotopic (exact) mass is 394 g/mol. The van der Waals surface area contributed by atoms with Crippen LogP contribution in [0.5, 0.6) is 0 Å². The number of piperazine rings is 1. The number of hydrogen-bond acceptors (Lipinski definition) is 5. The minimum atomic E-state index is -3.60. The Morgan fingerprint density at radius 2 is 1.74 bits per heavy atom. The first-order valence-corrected chi connectivity index (χ1v) is 10.2. The fourth-order valence-corrected chi connectivity index (χ4v) is 4.54. The van der Waals surface area contributed by atoms with Crippen LogP contribution in [0, 0.1) is 13.8 Å². The van der Waals surface area contributed by atoms with E-state index in [-0.39, 0.29) is 38.7 Å². The molecule has 1 fully saturated rings. The van der Waals surface area contributed by atoms with Gasteiger partial charge in [-0.25, -0.2) is 13.2 Å². The summed E-state index contributed by atoms with van der Waals surface area (Å²) in [6, 6.07) is 5.24. The normalized spacial score (nSPS) is 15.3. The van der Waals surface area contributed by atoms with Gasteiger partial charge >= 0.3 is 5.97 Å². The summed E-state index contributed by atoms with van der Waals surface area (Å²) < 4.78 is 32.0. The highest BCUT2D eigenvalue weighted by molar-refractivity contribution is 7.89. The number of allylic oxidation sites excluding steroid dienone is 1. The Balaban J connectivity index is 1.95. The van der Waals surface area contributed by atoms with Gasteiger partial charge in [-0.05, 0) is 39.3 Å². The Hall–Kier alpha value is -2.19. The molecular formula is C19H26N2O5S. The number of rotatable bonds is 5. The van der Waals surface area contributed by atoms with Crippen molar-refractivity contribution in [1.29, 1.82) is 0 Å². The van der Waals surface area contributed by atoms with Crippen LogP contribution in [-0.2, 0) is 24.3 Å². The third-order valence-corrected chi connectivity index (χ3v) is 6.34. The highest BCUT2D eigenvalue weighted by Crippen LogP contribution is 2.22. The molecule has 1 aromatic carbocycles. The van der Waals surface area contributed by atoms with E-state index in [1.807, 2.05) is 13.0 Å². The Labute approximate surface area is 160 Å². The van der Waals surface area contributed by atoms with Crippen LogP contribution in [0.15, 0.2) is 34.7 Å². The third kappa shape index (κ3) is 5.40. The average molecular weight is 394 g/mol. The average Bonchev–Trinajstić information content (AvgIpc) is 2.59. The molecule has 8 heteroatoms. The van der Waals surface area contributed by atoms with Crippen molar-refractivity contribution in [2.75, 3.05) is 32.8 Å². The number of nitrogens with zero attached hydrogens (tertiary/aromatic N) is 2. The van der Waals surface area contributed by atoms with E-state index >= 15 is 0 Å². The lowest BCUT2D eigenvalue weighted by Crippen LogP contribution is -2.51. The zero-order valence-electron chi connectivity index (χ0n) is 16.2. The van der Waals surface area contributed by atoms with Gasteiger partial charge in [-0.1, -0.05) is 23.3 Å². The number of ether oxygens (including phenoxy) is 1. The zero-order chi connectivity index (χ0) is 20.2. The van der Waals surface area contributed by atoms with Crippen LogP contribution in [0.25, 0.3) is 0 Å². The third-order valence-electron chi connectivity index (χ3n) is 4.28. The lowest BCUT2D eigenvalue weighted by Gasteiger charge is -2.34. The maximum absolute atomic E-state index is 12.9. The molecule has 1 amide bonds. The van der Waals surface area contributed by atoms with Crippen LogP contribution in [0.1, 0.15) is 25.0 Å². The molecule has 0 bridgehead atoms. The van der Waals surface area contributed by atoms with Crippen molar-refractivity contribution >= 4 is 21.9 Å². The largest absolute Gasteiger partial charge is 0.452 e. The molecule has 148 valence electrons. The molecule has 0 unspecified atom stereocenters. The van der Waals surface area contributed by atoms with Crippen molar-refractivity contribution in [2.45, 2.75) is 32.6 Å². The zero-order valence-corrected chi connectivity index (χ0v) is 17.0. The van der Waals surface area contributed by atoms with E-state index < -0.39 is 16.0 Å². The first-order valence-electron chi connectivity index (χ1n) is 8.78. The maximum Gasteiger partial charge on any atom is 0.331 e. The van der Waals surface area contributed by atoms with Gasteiger partial charge in [0.2, 0.25) is 10.0 Å². The highest BCUT2D eigenvalue weighted by Gasteiger charge is 2.31. The van der Waals surface area contributed by atoms with Gasteiger partial charge in [0.15, 0.2) is 6.61 Å². The van der Waals surface area contributed by atoms with E-state index in [1.54, 1.807) is 32.9 Å². The first kappa shape index (κ1) is 21.1. The molecule has 0 spiro atoms. The van der Waals surface area contributed by atoms with Crippen LogP contribution in [0.3, 0.4) is 0 Å². The van der Waals surface area contributed by atoms with Crippen molar-refractivity contribution in [3.8, 4) is 0 Å². The molecule has 1 aliphatic heterocycles. The van der Waals surface area contributed by atoms with E-state index in [4.69, 9.17) is 4.74 Å².